The van der Waals surface area contributed by atoms with Gasteiger partial charge in [-0.15, -0.1) is 0 Å². The van der Waals surface area contributed by atoms with Gasteiger partial charge in [0.2, 0.25) is 6.29 Å². The Balaban J connectivity index is 2.70. The van der Waals surface area contributed by atoms with Crippen molar-refractivity contribution >= 4 is 44.5 Å². The second-order valence-electron chi connectivity index (χ2n) is 2.58. The molecule has 1 aromatic rings. The SMILES string of the molecule is O=C1OC(O)c2c1ccc(Br)c2I. The smallest absolute Gasteiger partial charge is 0.341 e. The van der Waals surface area contributed by atoms with E-state index in [1.807, 2.05) is 0 Å². The number of halogens is 2. The van der Waals surface area contributed by atoms with Crippen LogP contribution in [-0.4, -0.2) is 11.1 Å². The highest BCUT2D eigenvalue weighted by atomic mass is 127. The van der Waals surface area contributed by atoms with Crippen LogP contribution < -0.4 is 0 Å². The van der Waals surface area contributed by atoms with Crippen molar-refractivity contribution in [2.24, 2.45) is 0 Å². The summed E-state index contributed by atoms with van der Waals surface area (Å²) in [7, 11) is 0. The third-order valence-electron chi connectivity index (χ3n) is 1.82. The highest BCUT2D eigenvalue weighted by Crippen LogP contribution is 2.35. The second kappa shape index (κ2) is 3.21. The Morgan fingerprint density at radius 2 is 2.23 bits per heavy atom. The van der Waals surface area contributed by atoms with Crippen LogP contribution in [0.3, 0.4) is 0 Å². The summed E-state index contributed by atoms with van der Waals surface area (Å²) in [5.41, 5.74) is 1.00. The molecule has 5 heteroatoms. The largest absolute Gasteiger partial charge is 0.428 e. The van der Waals surface area contributed by atoms with E-state index in [9.17, 15) is 9.90 Å². The van der Waals surface area contributed by atoms with Crippen molar-refractivity contribution in [2.45, 2.75) is 6.29 Å². The zero-order valence-electron chi connectivity index (χ0n) is 6.25. The van der Waals surface area contributed by atoms with E-state index in [0.29, 0.717) is 11.1 Å². The van der Waals surface area contributed by atoms with E-state index in [2.05, 4.69) is 43.3 Å². The molecule has 1 atom stereocenters. The Morgan fingerprint density at radius 3 is 2.92 bits per heavy atom. The van der Waals surface area contributed by atoms with Gasteiger partial charge in [-0.25, -0.2) is 4.79 Å². The number of carbonyl (C=O) groups excluding carboxylic acids is 1. The number of fused-ring (bicyclic) bond motifs is 1. The number of cyclic esters (lactones) is 1. The van der Waals surface area contributed by atoms with Crippen LogP contribution in [0.5, 0.6) is 0 Å². The van der Waals surface area contributed by atoms with E-state index in [1.165, 1.54) is 0 Å². The molecule has 1 N–H and O–H groups in total. The predicted molar refractivity (Wildman–Crippen MR) is 57.2 cm³/mol. The topological polar surface area (TPSA) is 46.5 Å². The Bertz CT molecular complexity index is 391. The van der Waals surface area contributed by atoms with E-state index < -0.39 is 12.3 Å². The summed E-state index contributed by atoms with van der Waals surface area (Å²) in [4.78, 5) is 11.1. The van der Waals surface area contributed by atoms with Crippen LogP contribution in [0.2, 0.25) is 0 Å². The molecule has 1 aliphatic heterocycles. The molecule has 0 aliphatic carbocycles. The average Bonchev–Trinajstić information content (AvgIpc) is 2.35. The fourth-order valence-electron chi connectivity index (χ4n) is 1.21. The minimum absolute atomic E-state index is 0.445. The molecule has 13 heavy (non-hydrogen) atoms. The Labute approximate surface area is 96.4 Å². The third-order valence-corrected chi connectivity index (χ3v) is 4.38. The van der Waals surface area contributed by atoms with Gasteiger partial charge in [-0.2, -0.15) is 0 Å². The molecular formula is C8H4BrIO3. The number of benzene rings is 1. The van der Waals surface area contributed by atoms with Crippen LogP contribution in [-0.2, 0) is 4.74 Å². The summed E-state index contributed by atoms with van der Waals surface area (Å²) in [6.07, 6.45) is -1.12. The van der Waals surface area contributed by atoms with E-state index in [0.717, 1.165) is 8.04 Å². The molecule has 0 saturated carbocycles. The van der Waals surface area contributed by atoms with Crippen LogP contribution in [0.15, 0.2) is 16.6 Å². The van der Waals surface area contributed by atoms with Crippen molar-refractivity contribution in [1.29, 1.82) is 0 Å². The van der Waals surface area contributed by atoms with Gasteiger partial charge in [-0.05, 0) is 50.7 Å². The molecule has 0 radical (unpaired) electrons. The van der Waals surface area contributed by atoms with Crippen molar-refractivity contribution in [3.63, 3.8) is 0 Å². The number of rotatable bonds is 0. The first kappa shape index (κ1) is 9.42. The summed E-state index contributed by atoms with van der Waals surface area (Å²) < 4.78 is 6.32. The van der Waals surface area contributed by atoms with Gasteiger partial charge >= 0.3 is 5.97 Å². The molecule has 1 aromatic carbocycles. The van der Waals surface area contributed by atoms with Crippen molar-refractivity contribution < 1.29 is 14.6 Å². The van der Waals surface area contributed by atoms with Gasteiger partial charge in [0.05, 0.1) is 5.56 Å². The van der Waals surface area contributed by atoms with E-state index >= 15 is 0 Å². The third kappa shape index (κ3) is 1.38. The molecule has 1 unspecified atom stereocenters. The highest BCUT2D eigenvalue weighted by Gasteiger charge is 2.32. The molecule has 0 spiro atoms. The molecule has 0 amide bonds. The Morgan fingerprint density at radius 1 is 1.54 bits per heavy atom. The van der Waals surface area contributed by atoms with Crippen molar-refractivity contribution in [2.75, 3.05) is 0 Å². The standard InChI is InChI=1S/C8H4BrIO3/c9-4-2-1-3-5(6(4)10)8(12)13-7(3)11/h1-2,8,12H. The minimum atomic E-state index is -1.12. The van der Waals surface area contributed by atoms with Crippen LogP contribution in [0.1, 0.15) is 22.2 Å². The number of ether oxygens (including phenoxy) is 1. The summed E-state index contributed by atoms with van der Waals surface area (Å²) >= 11 is 5.37. The average molecular weight is 355 g/mol. The summed E-state index contributed by atoms with van der Waals surface area (Å²) in [6, 6.07) is 3.40. The van der Waals surface area contributed by atoms with E-state index in [-0.39, 0.29) is 0 Å². The first-order chi connectivity index (χ1) is 6.11. The molecule has 0 aromatic heterocycles. The second-order valence-corrected chi connectivity index (χ2v) is 4.51. The number of aliphatic hydroxyl groups is 1. The fourth-order valence-corrected chi connectivity index (χ4v) is 2.29. The number of carbonyl (C=O) groups is 1. The summed E-state index contributed by atoms with van der Waals surface area (Å²) in [5, 5.41) is 9.39. The van der Waals surface area contributed by atoms with E-state index in [1.54, 1.807) is 12.1 Å². The molecule has 0 fully saturated rings. The normalized spacial score (nSPS) is 19.9. The number of hydrogen-bond acceptors (Lipinski definition) is 3. The van der Waals surface area contributed by atoms with Gasteiger partial charge in [-0.3, -0.25) is 0 Å². The number of esters is 1. The van der Waals surface area contributed by atoms with Gasteiger partial charge in [0.25, 0.3) is 0 Å². The zero-order valence-corrected chi connectivity index (χ0v) is 10.00. The van der Waals surface area contributed by atoms with Crippen molar-refractivity contribution in [1.82, 2.24) is 0 Å². The zero-order chi connectivity index (χ0) is 9.59. The van der Waals surface area contributed by atoms with Gasteiger partial charge in [0.1, 0.15) is 0 Å². The Kier molecular flexibility index (Phi) is 2.33. The molecular weight excluding hydrogens is 351 g/mol. The van der Waals surface area contributed by atoms with Gasteiger partial charge in [-0.1, -0.05) is 0 Å². The van der Waals surface area contributed by atoms with Gasteiger partial charge in [0, 0.05) is 13.6 Å². The molecule has 2 rings (SSSR count). The monoisotopic (exact) mass is 354 g/mol. The van der Waals surface area contributed by atoms with Gasteiger partial charge in [0.15, 0.2) is 0 Å². The molecule has 68 valence electrons. The number of hydrogen-bond donors (Lipinski definition) is 1. The number of aliphatic hydroxyl groups excluding tert-OH is 1. The van der Waals surface area contributed by atoms with Crippen LogP contribution in [0.25, 0.3) is 0 Å². The lowest BCUT2D eigenvalue weighted by Crippen LogP contribution is -1.96. The Hall–Kier alpha value is -0.140. The van der Waals surface area contributed by atoms with Crippen LogP contribution in [0.4, 0.5) is 0 Å². The highest BCUT2D eigenvalue weighted by molar-refractivity contribution is 14.1. The molecule has 1 aliphatic rings. The van der Waals surface area contributed by atoms with Crippen LogP contribution in [0, 0.1) is 3.57 Å². The van der Waals surface area contributed by atoms with Crippen molar-refractivity contribution in [3.8, 4) is 0 Å². The first-order valence-electron chi connectivity index (χ1n) is 3.48. The molecule has 3 nitrogen and oxygen atoms in total. The molecule has 0 bridgehead atoms. The predicted octanol–water partition coefficient (Wildman–Crippen LogP) is 2.21. The van der Waals surface area contributed by atoms with Crippen LogP contribution >= 0.6 is 38.5 Å². The lowest BCUT2D eigenvalue weighted by atomic mass is 10.1. The molecule has 0 saturated heterocycles. The lowest BCUT2D eigenvalue weighted by Gasteiger charge is -2.04. The van der Waals surface area contributed by atoms with E-state index in [4.69, 9.17) is 0 Å². The van der Waals surface area contributed by atoms with Crippen molar-refractivity contribution in [3.05, 3.63) is 31.3 Å². The lowest BCUT2D eigenvalue weighted by molar-refractivity contribution is -0.0551. The maximum atomic E-state index is 11.1. The first-order valence-corrected chi connectivity index (χ1v) is 5.35. The maximum Gasteiger partial charge on any atom is 0.341 e. The minimum Gasteiger partial charge on any atom is -0.428 e. The van der Waals surface area contributed by atoms with Gasteiger partial charge < -0.3 is 9.84 Å². The molecule has 1 heterocycles. The summed E-state index contributed by atoms with van der Waals surface area (Å²) in [5.74, 6) is -0.465. The fraction of sp³-hybridized carbons (Fsp3) is 0.125. The quantitative estimate of drug-likeness (QED) is 0.574. The maximum absolute atomic E-state index is 11.1. The summed E-state index contributed by atoms with van der Waals surface area (Å²) in [6.45, 7) is 0.